The van der Waals surface area contributed by atoms with Gasteiger partial charge in [-0.1, -0.05) is 0 Å². The highest BCUT2D eigenvalue weighted by Gasteiger charge is 2.26. The van der Waals surface area contributed by atoms with Gasteiger partial charge >= 0.3 is 6.09 Å². The van der Waals surface area contributed by atoms with E-state index < -0.39 is 27.1 Å². The van der Waals surface area contributed by atoms with Crippen molar-refractivity contribution < 1.29 is 17.9 Å². The first kappa shape index (κ1) is 20.5. The van der Waals surface area contributed by atoms with Gasteiger partial charge in [-0.2, -0.15) is 0 Å². The third-order valence-electron chi connectivity index (χ3n) is 3.18. The molecule has 1 amide bonds. The van der Waals surface area contributed by atoms with Gasteiger partial charge < -0.3 is 14.6 Å². The maximum absolute atomic E-state index is 11.9. The normalized spacial score (nSPS) is 12.9. The number of hydrogen-bond donors (Lipinski definition) is 1. The molecule has 0 saturated carbocycles. The van der Waals surface area contributed by atoms with Gasteiger partial charge in [-0.25, -0.2) is 18.2 Å². The molecule has 1 N–H and O–H groups in total. The number of ether oxygens (including phenoxy) is 1. The van der Waals surface area contributed by atoms with Crippen LogP contribution in [0.4, 0.5) is 4.79 Å². The van der Waals surface area contributed by atoms with Crippen LogP contribution in [0.2, 0.25) is 0 Å². The van der Waals surface area contributed by atoms with E-state index in [1.165, 1.54) is 6.26 Å². The second-order valence-corrected chi connectivity index (χ2v) is 10.0. The first-order valence-corrected chi connectivity index (χ1v) is 10.0. The highest BCUT2D eigenvalue weighted by Crippen LogP contribution is 2.15. The van der Waals surface area contributed by atoms with Crippen molar-refractivity contribution in [2.75, 3.05) is 12.0 Å². The van der Waals surface area contributed by atoms with E-state index in [2.05, 4.69) is 10.3 Å². The van der Waals surface area contributed by atoms with Gasteiger partial charge in [-0.05, 0) is 41.0 Å². The molecule has 7 nitrogen and oxygen atoms in total. The molecule has 1 heterocycles. The summed E-state index contributed by atoms with van der Waals surface area (Å²) in [5, 5.41) is 2.86. The second-order valence-electron chi connectivity index (χ2n) is 7.75. The van der Waals surface area contributed by atoms with Crippen molar-refractivity contribution in [2.24, 2.45) is 0 Å². The molecule has 8 heteroatoms. The fourth-order valence-electron chi connectivity index (χ4n) is 2.27. The predicted molar refractivity (Wildman–Crippen MR) is 93.7 cm³/mol. The van der Waals surface area contributed by atoms with Gasteiger partial charge in [0.1, 0.15) is 15.4 Å². The second kappa shape index (κ2) is 7.55. The Kier molecular flexibility index (Phi) is 6.44. The Morgan fingerprint density at radius 3 is 2.46 bits per heavy atom. The number of aryl methyl sites for hydroxylation is 1. The van der Waals surface area contributed by atoms with Crippen LogP contribution in [0.1, 0.15) is 46.7 Å². The summed E-state index contributed by atoms with van der Waals surface area (Å²) in [6, 6.07) is 0. The number of aromatic nitrogens is 2. The van der Waals surface area contributed by atoms with Gasteiger partial charge in [0.2, 0.25) is 0 Å². The molecule has 1 aromatic heterocycles. The number of carbonyl (C=O) groups excluding carboxylic acids is 1. The lowest BCUT2D eigenvalue weighted by Gasteiger charge is -2.29. The monoisotopic (exact) mass is 359 g/mol. The van der Waals surface area contributed by atoms with Crippen LogP contribution in [0.25, 0.3) is 0 Å². The van der Waals surface area contributed by atoms with E-state index in [0.717, 1.165) is 5.69 Å². The van der Waals surface area contributed by atoms with Crippen LogP contribution < -0.4 is 5.32 Å². The SMILES string of the molecule is CC(C)(Cc1cncn1CCCS(C)(=O)=O)NC(=O)OC(C)(C)C. The van der Waals surface area contributed by atoms with Crippen molar-refractivity contribution in [3.05, 3.63) is 18.2 Å². The molecule has 0 saturated heterocycles. The molecule has 1 aromatic rings. The van der Waals surface area contributed by atoms with E-state index in [9.17, 15) is 13.2 Å². The van der Waals surface area contributed by atoms with E-state index in [0.29, 0.717) is 19.4 Å². The summed E-state index contributed by atoms with van der Waals surface area (Å²) in [5.74, 6) is 0.143. The summed E-state index contributed by atoms with van der Waals surface area (Å²) < 4.78 is 29.7. The third kappa shape index (κ3) is 8.33. The molecule has 1 rings (SSSR count). The van der Waals surface area contributed by atoms with Crippen LogP contribution in [0.15, 0.2) is 12.5 Å². The minimum Gasteiger partial charge on any atom is -0.444 e. The van der Waals surface area contributed by atoms with Crippen LogP contribution >= 0.6 is 0 Å². The molecule has 0 aromatic carbocycles. The van der Waals surface area contributed by atoms with Crippen molar-refractivity contribution in [1.82, 2.24) is 14.9 Å². The molecule has 0 radical (unpaired) electrons. The molecule has 0 fully saturated rings. The van der Waals surface area contributed by atoms with E-state index >= 15 is 0 Å². The predicted octanol–water partition coefficient (Wildman–Crippen LogP) is 2.16. The summed E-state index contributed by atoms with van der Waals surface area (Å²) in [5.41, 5.74) is -0.130. The Balaban J connectivity index is 2.65. The summed E-state index contributed by atoms with van der Waals surface area (Å²) in [4.78, 5) is 16.1. The molecular formula is C16H29N3O4S. The summed E-state index contributed by atoms with van der Waals surface area (Å²) in [6.45, 7) is 9.84. The van der Waals surface area contributed by atoms with E-state index in [1.807, 2.05) is 39.2 Å². The number of carbonyl (C=O) groups is 1. The fourth-order valence-corrected chi connectivity index (χ4v) is 2.92. The molecule has 0 bridgehead atoms. The quantitative estimate of drug-likeness (QED) is 0.806. The smallest absolute Gasteiger partial charge is 0.408 e. The standard InChI is InChI=1S/C16H29N3O4S/c1-15(2,3)23-14(20)18-16(4,5)10-13-11-17-12-19(13)8-7-9-24(6,21)22/h11-12H,7-10H2,1-6H3,(H,18,20). The zero-order valence-corrected chi connectivity index (χ0v) is 16.2. The van der Waals surface area contributed by atoms with Gasteiger partial charge in [-0.3, -0.25) is 0 Å². The molecule has 0 aliphatic heterocycles. The highest BCUT2D eigenvalue weighted by molar-refractivity contribution is 7.90. The molecule has 0 atom stereocenters. The molecule has 0 spiro atoms. The average molecular weight is 359 g/mol. The van der Waals surface area contributed by atoms with E-state index in [4.69, 9.17) is 4.74 Å². The lowest BCUT2D eigenvalue weighted by Crippen LogP contribution is -2.47. The van der Waals surface area contributed by atoms with Gasteiger partial charge in [0.05, 0.1) is 12.1 Å². The van der Waals surface area contributed by atoms with Crippen LogP contribution in [0.3, 0.4) is 0 Å². The number of imidazole rings is 1. The Morgan fingerprint density at radius 1 is 1.29 bits per heavy atom. The average Bonchev–Trinajstić information content (AvgIpc) is 2.70. The molecular weight excluding hydrogens is 330 g/mol. The van der Waals surface area contributed by atoms with Crippen LogP contribution in [0.5, 0.6) is 0 Å². The zero-order chi connectivity index (χ0) is 18.6. The van der Waals surface area contributed by atoms with Gasteiger partial charge in [-0.15, -0.1) is 0 Å². The number of sulfone groups is 1. The largest absolute Gasteiger partial charge is 0.444 e. The molecule has 24 heavy (non-hydrogen) atoms. The Morgan fingerprint density at radius 2 is 1.92 bits per heavy atom. The number of alkyl carbamates (subject to hydrolysis) is 1. The number of nitrogens with one attached hydrogen (secondary N) is 1. The van der Waals surface area contributed by atoms with Crippen LogP contribution in [0, 0.1) is 0 Å². The summed E-state index contributed by atoms with van der Waals surface area (Å²) in [7, 11) is -2.97. The minimum absolute atomic E-state index is 0.143. The first-order valence-electron chi connectivity index (χ1n) is 7.95. The van der Waals surface area contributed by atoms with Crippen molar-refractivity contribution >= 4 is 15.9 Å². The van der Waals surface area contributed by atoms with E-state index in [1.54, 1.807) is 12.5 Å². The topological polar surface area (TPSA) is 90.3 Å². The van der Waals surface area contributed by atoms with Crippen LogP contribution in [-0.4, -0.2) is 47.2 Å². The van der Waals surface area contributed by atoms with Crippen LogP contribution in [-0.2, 0) is 27.5 Å². The highest BCUT2D eigenvalue weighted by atomic mass is 32.2. The van der Waals surface area contributed by atoms with Crippen molar-refractivity contribution in [1.29, 1.82) is 0 Å². The number of nitrogens with zero attached hydrogens (tertiary/aromatic N) is 2. The fraction of sp³-hybridized carbons (Fsp3) is 0.750. The van der Waals surface area contributed by atoms with Crippen molar-refractivity contribution in [3.63, 3.8) is 0 Å². The molecule has 0 aliphatic rings. The Bertz CT molecular complexity index is 657. The van der Waals surface area contributed by atoms with Crippen molar-refractivity contribution in [2.45, 2.75) is 65.1 Å². The first-order chi connectivity index (χ1) is 10.8. The van der Waals surface area contributed by atoms with Crippen molar-refractivity contribution in [3.8, 4) is 0 Å². The number of hydrogen-bond acceptors (Lipinski definition) is 5. The zero-order valence-electron chi connectivity index (χ0n) is 15.4. The molecule has 0 unspecified atom stereocenters. The van der Waals surface area contributed by atoms with E-state index in [-0.39, 0.29) is 5.75 Å². The number of amides is 1. The third-order valence-corrected chi connectivity index (χ3v) is 4.21. The lowest BCUT2D eigenvalue weighted by molar-refractivity contribution is 0.0471. The van der Waals surface area contributed by atoms with Gasteiger partial charge in [0, 0.05) is 36.7 Å². The summed E-state index contributed by atoms with van der Waals surface area (Å²) >= 11 is 0. The minimum atomic E-state index is -2.97. The maximum Gasteiger partial charge on any atom is 0.408 e. The Hall–Kier alpha value is -1.57. The maximum atomic E-state index is 11.9. The molecule has 0 aliphatic carbocycles. The molecule has 138 valence electrons. The number of rotatable bonds is 7. The van der Waals surface area contributed by atoms with Gasteiger partial charge in [0.25, 0.3) is 0 Å². The Labute approximate surface area is 144 Å². The van der Waals surface area contributed by atoms with Gasteiger partial charge in [0.15, 0.2) is 0 Å². The summed E-state index contributed by atoms with van der Waals surface area (Å²) in [6.07, 6.45) is 5.28. The lowest BCUT2D eigenvalue weighted by atomic mass is 9.99.